The number of nitrogens with two attached hydrogens (primary N) is 1. The molecule has 17 heavy (non-hydrogen) atoms. The lowest BCUT2D eigenvalue weighted by Gasteiger charge is -2.04. The minimum Gasteiger partial charge on any atom is -0.389 e. The van der Waals surface area contributed by atoms with Gasteiger partial charge in [-0.15, -0.1) is 0 Å². The molecule has 0 saturated carbocycles. The lowest BCUT2D eigenvalue weighted by Crippen LogP contribution is -2.10. The maximum atomic E-state index is 5.53. The number of nitrogens with zero attached hydrogens (tertiary/aromatic N) is 3. The number of pyridine rings is 1. The van der Waals surface area contributed by atoms with Gasteiger partial charge in [-0.3, -0.25) is 0 Å². The SMILES string of the molecule is Cc1nn(-c2ccc(C(N)=S)cn2)c(C)c1C. The molecule has 0 fully saturated rings. The molecule has 0 saturated heterocycles. The van der Waals surface area contributed by atoms with Crippen molar-refractivity contribution in [3.63, 3.8) is 0 Å². The summed E-state index contributed by atoms with van der Waals surface area (Å²) < 4.78 is 1.83. The highest BCUT2D eigenvalue weighted by atomic mass is 32.1. The number of aryl methyl sites for hydroxylation is 1. The molecule has 2 rings (SSSR count). The maximum absolute atomic E-state index is 5.53. The van der Waals surface area contributed by atoms with Crippen LogP contribution < -0.4 is 5.73 Å². The summed E-state index contributed by atoms with van der Waals surface area (Å²) in [5, 5.41) is 4.44. The van der Waals surface area contributed by atoms with E-state index in [1.807, 2.05) is 30.7 Å². The highest BCUT2D eigenvalue weighted by molar-refractivity contribution is 7.80. The van der Waals surface area contributed by atoms with Crippen LogP contribution in [0.1, 0.15) is 22.5 Å². The van der Waals surface area contributed by atoms with Crippen molar-refractivity contribution in [3.05, 3.63) is 40.8 Å². The molecule has 0 unspecified atom stereocenters. The third kappa shape index (κ3) is 2.06. The van der Waals surface area contributed by atoms with E-state index < -0.39 is 0 Å². The molecule has 0 aliphatic carbocycles. The molecule has 0 spiro atoms. The molecule has 0 amide bonds. The Balaban J connectivity index is 2.47. The predicted molar refractivity (Wildman–Crippen MR) is 71.5 cm³/mol. The summed E-state index contributed by atoms with van der Waals surface area (Å²) in [5.41, 5.74) is 9.59. The highest BCUT2D eigenvalue weighted by Crippen LogP contribution is 2.15. The molecule has 5 heteroatoms. The summed E-state index contributed by atoms with van der Waals surface area (Å²) in [7, 11) is 0. The predicted octanol–water partition coefficient (Wildman–Crippen LogP) is 1.83. The van der Waals surface area contributed by atoms with Crippen LogP contribution in [0, 0.1) is 20.8 Å². The van der Waals surface area contributed by atoms with Crippen LogP contribution in [0.2, 0.25) is 0 Å². The molecule has 2 aromatic rings. The van der Waals surface area contributed by atoms with Crippen LogP contribution in [-0.2, 0) is 0 Å². The van der Waals surface area contributed by atoms with Gasteiger partial charge in [0.15, 0.2) is 5.82 Å². The lowest BCUT2D eigenvalue weighted by atomic mass is 10.2. The van der Waals surface area contributed by atoms with E-state index in [1.165, 1.54) is 5.56 Å². The van der Waals surface area contributed by atoms with Crippen molar-refractivity contribution in [3.8, 4) is 5.82 Å². The molecule has 0 aliphatic rings. The Hall–Kier alpha value is -1.75. The quantitative estimate of drug-likeness (QED) is 0.821. The number of hydrogen-bond acceptors (Lipinski definition) is 3. The van der Waals surface area contributed by atoms with Crippen molar-refractivity contribution >= 4 is 17.2 Å². The van der Waals surface area contributed by atoms with Gasteiger partial charge < -0.3 is 5.73 Å². The molecule has 0 radical (unpaired) electrons. The Morgan fingerprint density at radius 2 is 2.00 bits per heavy atom. The molecular weight excluding hydrogens is 232 g/mol. The summed E-state index contributed by atoms with van der Waals surface area (Å²) in [6, 6.07) is 3.73. The van der Waals surface area contributed by atoms with Crippen LogP contribution in [0.4, 0.5) is 0 Å². The third-order valence-electron chi connectivity index (χ3n) is 2.90. The summed E-state index contributed by atoms with van der Waals surface area (Å²) >= 11 is 4.89. The molecule has 2 heterocycles. The molecule has 0 bridgehead atoms. The topological polar surface area (TPSA) is 56.7 Å². The average molecular weight is 246 g/mol. The van der Waals surface area contributed by atoms with E-state index in [-0.39, 0.29) is 0 Å². The highest BCUT2D eigenvalue weighted by Gasteiger charge is 2.09. The smallest absolute Gasteiger partial charge is 0.153 e. The van der Waals surface area contributed by atoms with Gasteiger partial charge in [0.1, 0.15) is 4.99 Å². The van der Waals surface area contributed by atoms with Gasteiger partial charge in [0, 0.05) is 17.5 Å². The van der Waals surface area contributed by atoms with Gasteiger partial charge in [-0.05, 0) is 38.5 Å². The van der Waals surface area contributed by atoms with Gasteiger partial charge in [-0.25, -0.2) is 9.67 Å². The molecule has 2 N–H and O–H groups in total. The second-order valence-corrected chi connectivity index (χ2v) is 4.42. The Morgan fingerprint density at radius 3 is 2.41 bits per heavy atom. The van der Waals surface area contributed by atoms with E-state index in [9.17, 15) is 0 Å². The maximum Gasteiger partial charge on any atom is 0.153 e. The average Bonchev–Trinajstić information content (AvgIpc) is 2.57. The van der Waals surface area contributed by atoms with Crippen LogP contribution in [0.5, 0.6) is 0 Å². The van der Waals surface area contributed by atoms with E-state index in [4.69, 9.17) is 18.0 Å². The lowest BCUT2D eigenvalue weighted by molar-refractivity contribution is 0.805. The standard InChI is InChI=1S/C12H14N4S/c1-7-8(2)15-16(9(7)3)11-5-4-10(6-14-11)12(13)17/h4-6H,1-3H3,(H2,13,17). The Labute approximate surface area is 105 Å². The number of aromatic nitrogens is 3. The van der Waals surface area contributed by atoms with Crippen molar-refractivity contribution in [1.29, 1.82) is 0 Å². The number of rotatable bonds is 2. The fourth-order valence-corrected chi connectivity index (χ4v) is 1.72. The molecule has 0 aromatic carbocycles. The monoisotopic (exact) mass is 246 g/mol. The fourth-order valence-electron chi connectivity index (χ4n) is 1.60. The van der Waals surface area contributed by atoms with Crippen LogP contribution in [-0.4, -0.2) is 19.8 Å². The second kappa shape index (κ2) is 4.25. The van der Waals surface area contributed by atoms with E-state index >= 15 is 0 Å². The van der Waals surface area contributed by atoms with E-state index in [2.05, 4.69) is 17.0 Å². The van der Waals surface area contributed by atoms with Gasteiger partial charge in [-0.2, -0.15) is 5.10 Å². The molecule has 0 aliphatic heterocycles. The summed E-state index contributed by atoms with van der Waals surface area (Å²) in [5.74, 6) is 0.777. The Morgan fingerprint density at radius 1 is 1.29 bits per heavy atom. The molecule has 0 atom stereocenters. The molecular formula is C12H14N4S. The minimum atomic E-state index is 0.355. The van der Waals surface area contributed by atoms with Gasteiger partial charge >= 0.3 is 0 Å². The number of thiocarbonyl (C=S) groups is 1. The molecule has 4 nitrogen and oxygen atoms in total. The molecule has 2 aromatic heterocycles. The van der Waals surface area contributed by atoms with Crippen LogP contribution in [0.15, 0.2) is 18.3 Å². The van der Waals surface area contributed by atoms with Crippen LogP contribution in [0.25, 0.3) is 5.82 Å². The van der Waals surface area contributed by atoms with Gasteiger partial charge in [0.05, 0.1) is 5.69 Å². The van der Waals surface area contributed by atoms with Crippen molar-refractivity contribution in [2.24, 2.45) is 5.73 Å². The first kappa shape index (κ1) is 11.7. The zero-order valence-electron chi connectivity index (χ0n) is 10.1. The summed E-state index contributed by atoms with van der Waals surface area (Å²) in [6.07, 6.45) is 1.67. The van der Waals surface area contributed by atoms with Gasteiger partial charge in [-0.1, -0.05) is 12.2 Å². The van der Waals surface area contributed by atoms with Crippen molar-refractivity contribution in [2.75, 3.05) is 0 Å². The Kier molecular flexibility index (Phi) is 2.93. The van der Waals surface area contributed by atoms with Crippen molar-refractivity contribution in [2.45, 2.75) is 20.8 Å². The van der Waals surface area contributed by atoms with E-state index in [0.717, 1.165) is 22.8 Å². The van der Waals surface area contributed by atoms with E-state index in [1.54, 1.807) is 6.20 Å². The first-order valence-electron chi connectivity index (χ1n) is 5.29. The zero-order valence-corrected chi connectivity index (χ0v) is 10.9. The van der Waals surface area contributed by atoms with Crippen LogP contribution in [0.3, 0.4) is 0 Å². The zero-order chi connectivity index (χ0) is 12.6. The van der Waals surface area contributed by atoms with Gasteiger partial charge in [0.2, 0.25) is 0 Å². The second-order valence-electron chi connectivity index (χ2n) is 3.98. The number of hydrogen-bond donors (Lipinski definition) is 1. The Bertz CT molecular complexity index is 569. The molecule has 88 valence electrons. The summed E-state index contributed by atoms with van der Waals surface area (Å²) in [6.45, 7) is 6.07. The fraction of sp³-hybridized carbons (Fsp3) is 0.250. The van der Waals surface area contributed by atoms with E-state index in [0.29, 0.717) is 4.99 Å². The third-order valence-corrected chi connectivity index (χ3v) is 3.14. The minimum absolute atomic E-state index is 0.355. The van der Waals surface area contributed by atoms with Crippen molar-refractivity contribution < 1.29 is 0 Å². The van der Waals surface area contributed by atoms with Gasteiger partial charge in [0.25, 0.3) is 0 Å². The first-order valence-corrected chi connectivity index (χ1v) is 5.70. The van der Waals surface area contributed by atoms with Crippen molar-refractivity contribution in [1.82, 2.24) is 14.8 Å². The largest absolute Gasteiger partial charge is 0.389 e. The van der Waals surface area contributed by atoms with Crippen LogP contribution >= 0.6 is 12.2 Å². The summed E-state index contributed by atoms with van der Waals surface area (Å²) in [4.78, 5) is 4.67. The first-order chi connectivity index (χ1) is 8.00. The normalized spacial score (nSPS) is 10.5.